The number of alkyl halides is 1. The Morgan fingerprint density at radius 1 is 1.26 bits per heavy atom. The van der Waals surface area contributed by atoms with E-state index >= 15 is 0 Å². The minimum absolute atomic E-state index is 0.205. The number of halogens is 1. The summed E-state index contributed by atoms with van der Waals surface area (Å²) < 4.78 is 18.6. The molecule has 3 heterocycles. The van der Waals surface area contributed by atoms with Gasteiger partial charge in [0.05, 0.1) is 34.2 Å². The first kappa shape index (κ1) is 28.1. The molecular weight excluding hydrogens is 535 g/mol. The van der Waals surface area contributed by atoms with Crippen molar-refractivity contribution >= 4 is 51.4 Å². The molecule has 0 aromatic carbocycles. The molecule has 0 radical (unpaired) electrons. The summed E-state index contributed by atoms with van der Waals surface area (Å²) in [5.74, 6) is 0.435. The number of pyridine rings is 1. The summed E-state index contributed by atoms with van der Waals surface area (Å²) in [7, 11) is 2.12. The van der Waals surface area contributed by atoms with Gasteiger partial charge in [-0.2, -0.15) is 5.26 Å². The van der Waals surface area contributed by atoms with Crippen molar-refractivity contribution in [2.45, 2.75) is 55.4 Å². The number of anilines is 1. The number of nitrogens with zero attached hydrogens (tertiary/aromatic N) is 5. The highest BCUT2D eigenvalue weighted by atomic mass is 32.2. The number of carbonyl (C=O) groups is 1. The van der Waals surface area contributed by atoms with Crippen LogP contribution in [0.2, 0.25) is 0 Å². The van der Waals surface area contributed by atoms with Crippen LogP contribution in [-0.2, 0) is 4.79 Å². The summed E-state index contributed by atoms with van der Waals surface area (Å²) in [6.07, 6.45) is 11.3. The lowest BCUT2D eigenvalue weighted by molar-refractivity contribution is -0.113. The summed E-state index contributed by atoms with van der Waals surface area (Å²) in [5.41, 5.74) is 1.23. The minimum atomic E-state index is -0.710. The van der Waals surface area contributed by atoms with Gasteiger partial charge in [-0.3, -0.25) is 19.9 Å². The van der Waals surface area contributed by atoms with E-state index in [1.807, 2.05) is 10.6 Å². The summed E-state index contributed by atoms with van der Waals surface area (Å²) >= 11 is 2.46. The van der Waals surface area contributed by atoms with Gasteiger partial charge in [0.25, 0.3) is 0 Å². The van der Waals surface area contributed by atoms with Gasteiger partial charge in [-0.05, 0) is 63.6 Å². The van der Waals surface area contributed by atoms with Crippen LogP contribution in [0, 0.1) is 33.5 Å². The van der Waals surface area contributed by atoms with Crippen LogP contribution in [0.3, 0.4) is 0 Å². The van der Waals surface area contributed by atoms with Gasteiger partial charge in [0.2, 0.25) is 0 Å². The van der Waals surface area contributed by atoms with Crippen LogP contribution in [0.1, 0.15) is 50.6 Å². The van der Waals surface area contributed by atoms with Crippen molar-refractivity contribution in [3.05, 3.63) is 24.2 Å². The van der Waals surface area contributed by atoms with E-state index in [-0.39, 0.29) is 16.8 Å². The Morgan fingerprint density at radius 2 is 1.97 bits per heavy atom. The lowest BCUT2D eigenvalue weighted by Gasteiger charge is -2.34. The number of thioether (sulfide) groups is 1. The number of nitriles is 1. The molecule has 1 saturated heterocycles. The van der Waals surface area contributed by atoms with Crippen molar-refractivity contribution in [3.8, 4) is 6.07 Å². The highest BCUT2D eigenvalue weighted by Crippen LogP contribution is 2.49. The first-order valence-electron chi connectivity index (χ1n) is 13.5. The quantitative estimate of drug-likeness (QED) is 0.183. The predicted octanol–water partition coefficient (Wildman–Crippen LogP) is 4.51. The maximum absolute atomic E-state index is 13.4. The van der Waals surface area contributed by atoms with Crippen LogP contribution >= 0.6 is 23.7 Å². The molecule has 6 rings (SSSR count). The Morgan fingerprint density at radius 3 is 2.49 bits per heavy atom. The fourth-order valence-corrected chi connectivity index (χ4v) is 6.30. The zero-order valence-electron chi connectivity index (χ0n) is 22.2. The fraction of sp³-hybridized carbons (Fsp3) is 0.593. The molecule has 3 N–H and O–H groups in total. The highest BCUT2D eigenvalue weighted by Gasteiger charge is 2.48. The molecule has 0 amide bonds. The molecule has 3 aliphatic carbocycles. The van der Waals surface area contributed by atoms with E-state index in [4.69, 9.17) is 10.8 Å². The second-order valence-corrected chi connectivity index (χ2v) is 13.0. The van der Waals surface area contributed by atoms with E-state index in [0.29, 0.717) is 24.5 Å². The number of carbonyl (C=O) groups excluding carboxylic acids is 1. The number of aromatic nitrogens is 2. The van der Waals surface area contributed by atoms with Crippen molar-refractivity contribution in [1.29, 1.82) is 16.1 Å². The SMILES string of the molecule is CN1CCN(c2cc(SNC3(CF)CC3)cn3c(C(=N)SC(=N)C4(C#N)CC4)cnc23)CC1.O=CC1CCC1. The van der Waals surface area contributed by atoms with Crippen molar-refractivity contribution in [3.63, 3.8) is 0 Å². The van der Waals surface area contributed by atoms with E-state index in [9.17, 15) is 14.4 Å². The number of likely N-dealkylation sites (N-methyl/N-ethyl adjacent to an activating group) is 1. The van der Waals surface area contributed by atoms with Crippen LogP contribution in [0.15, 0.2) is 23.4 Å². The number of imidazole rings is 1. The monoisotopic (exact) mass is 570 g/mol. The second kappa shape index (κ2) is 11.6. The number of piperazine rings is 1. The van der Waals surface area contributed by atoms with Crippen molar-refractivity contribution in [2.75, 3.05) is 44.8 Å². The molecule has 3 saturated carbocycles. The Kier molecular flexibility index (Phi) is 8.33. The van der Waals surface area contributed by atoms with Gasteiger partial charge >= 0.3 is 0 Å². The maximum atomic E-state index is 13.4. The summed E-state index contributed by atoms with van der Waals surface area (Å²) in [5, 5.41) is 26.8. The van der Waals surface area contributed by atoms with Crippen LogP contribution in [0.5, 0.6) is 0 Å². The summed E-state index contributed by atoms with van der Waals surface area (Å²) in [6.45, 7) is 3.30. The number of hydrogen-bond acceptors (Lipinski definition) is 10. The first-order valence-corrected chi connectivity index (χ1v) is 15.1. The van der Waals surface area contributed by atoms with Gasteiger partial charge in [0, 0.05) is 43.2 Å². The third-order valence-corrected chi connectivity index (χ3v) is 10.1. The standard InChI is InChI=1S/C22H27FN8S2.C5H8O/c1-29-6-8-30(9-7-29)16-10-15(33-28-22(13-23)4-5-22)12-31-17(11-27-19(16)31)18(25)32-20(26)21(14-24)2-3-21;6-4-5-2-1-3-5/h10-12,25-26,28H,2-9,13H2,1H3;4-5H,1-3H2. The van der Waals surface area contributed by atoms with Gasteiger partial charge in [-0.1, -0.05) is 18.2 Å². The van der Waals surface area contributed by atoms with Gasteiger partial charge in [0.15, 0.2) is 5.65 Å². The second-order valence-electron chi connectivity index (χ2n) is 11.1. The average molecular weight is 571 g/mol. The third-order valence-electron chi connectivity index (χ3n) is 8.08. The third kappa shape index (κ3) is 6.16. The summed E-state index contributed by atoms with van der Waals surface area (Å²) in [6, 6.07) is 4.32. The molecular formula is C27H35FN8OS2. The Bertz CT molecular complexity index is 1290. The van der Waals surface area contributed by atoms with Crippen molar-refractivity contribution in [2.24, 2.45) is 11.3 Å². The molecule has 9 nitrogen and oxygen atoms in total. The smallest absolute Gasteiger partial charge is 0.161 e. The predicted molar refractivity (Wildman–Crippen MR) is 155 cm³/mol. The van der Waals surface area contributed by atoms with E-state index in [2.05, 4.69) is 38.7 Å². The van der Waals surface area contributed by atoms with Gasteiger partial charge in [-0.25, -0.2) is 9.37 Å². The number of aldehydes is 1. The van der Waals surface area contributed by atoms with Crippen molar-refractivity contribution in [1.82, 2.24) is 19.0 Å². The van der Waals surface area contributed by atoms with E-state index < -0.39 is 11.0 Å². The van der Waals surface area contributed by atoms with Crippen LogP contribution in [0.25, 0.3) is 5.65 Å². The largest absolute Gasteiger partial charge is 0.366 e. The molecule has 1 aliphatic heterocycles. The molecule has 4 fully saturated rings. The molecule has 0 bridgehead atoms. The van der Waals surface area contributed by atoms with Gasteiger partial charge in [0.1, 0.15) is 23.4 Å². The molecule has 2 aromatic rings. The minimum Gasteiger partial charge on any atom is -0.366 e. The highest BCUT2D eigenvalue weighted by molar-refractivity contribution is 8.26. The molecule has 208 valence electrons. The zero-order chi connectivity index (χ0) is 27.6. The van der Waals surface area contributed by atoms with Crippen LogP contribution in [-0.4, -0.2) is 76.1 Å². The molecule has 12 heteroatoms. The van der Waals surface area contributed by atoms with E-state index in [1.165, 1.54) is 18.4 Å². The normalized spacial score (nSPS) is 21.3. The molecule has 0 spiro atoms. The number of rotatable bonds is 8. The Hall–Kier alpha value is -2.46. The molecule has 0 unspecified atom stereocenters. The van der Waals surface area contributed by atoms with Crippen LogP contribution < -0.4 is 9.62 Å². The Labute approximate surface area is 237 Å². The molecule has 0 atom stereocenters. The molecule has 4 aliphatic rings. The zero-order valence-corrected chi connectivity index (χ0v) is 23.8. The maximum Gasteiger partial charge on any atom is 0.161 e. The molecule has 39 heavy (non-hydrogen) atoms. The topological polar surface area (TPSA) is 124 Å². The number of nitrogens with one attached hydrogen (secondary N) is 3. The Balaban J connectivity index is 0.000000455. The average Bonchev–Trinajstić information content (AvgIpc) is 3.84. The van der Waals surface area contributed by atoms with E-state index in [0.717, 1.165) is 86.1 Å². The van der Waals surface area contributed by atoms with Gasteiger partial charge < -0.3 is 14.6 Å². The fourth-order valence-electron chi connectivity index (χ4n) is 4.47. The van der Waals surface area contributed by atoms with Gasteiger partial charge in [-0.15, -0.1) is 0 Å². The number of fused-ring (bicyclic) bond motifs is 1. The lowest BCUT2D eigenvalue weighted by Crippen LogP contribution is -2.44. The molecule has 2 aromatic heterocycles. The lowest BCUT2D eigenvalue weighted by atomic mass is 9.87. The van der Waals surface area contributed by atoms with Crippen molar-refractivity contribution < 1.29 is 9.18 Å². The summed E-state index contributed by atoms with van der Waals surface area (Å²) in [4.78, 5) is 20.0. The van der Waals surface area contributed by atoms with Crippen LogP contribution in [0.4, 0.5) is 10.1 Å². The first-order chi connectivity index (χ1) is 18.8. The van der Waals surface area contributed by atoms with E-state index in [1.54, 1.807) is 6.20 Å². The number of hydrogen-bond donors (Lipinski definition) is 3.